The molecule has 1 heterocycles. The number of esters is 1. The fourth-order valence-corrected chi connectivity index (χ4v) is 2.70. The molecule has 1 aromatic rings. The number of halogens is 1. The first-order valence-corrected chi connectivity index (χ1v) is 7.43. The topological polar surface area (TPSA) is 49.8 Å². The van der Waals surface area contributed by atoms with Crippen LogP contribution in [0.5, 0.6) is 0 Å². The van der Waals surface area contributed by atoms with E-state index in [-0.39, 0.29) is 17.7 Å². The van der Waals surface area contributed by atoms with Gasteiger partial charge >= 0.3 is 5.97 Å². The minimum Gasteiger partial charge on any atom is -0.466 e. The first kappa shape index (κ1) is 15.9. The molecule has 116 valence electrons. The lowest BCUT2D eigenvalue weighted by Gasteiger charge is -2.32. The van der Waals surface area contributed by atoms with Gasteiger partial charge in [0.2, 0.25) is 0 Å². The fraction of sp³-hybridized carbons (Fsp3) is 0.562. The summed E-state index contributed by atoms with van der Waals surface area (Å²) in [5, 5.41) is 10.1. The van der Waals surface area contributed by atoms with Gasteiger partial charge in [-0.25, -0.2) is 4.39 Å². The molecule has 0 aliphatic carbocycles. The van der Waals surface area contributed by atoms with E-state index in [9.17, 15) is 14.3 Å². The van der Waals surface area contributed by atoms with Gasteiger partial charge in [-0.05, 0) is 38.9 Å². The monoisotopic (exact) mass is 295 g/mol. The minimum atomic E-state index is -0.842. The second-order valence-corrected chi connectivity index (χ2v) is 5.36. The van der Waals surface area contributed by atoms with Gasteiger partial charge < -0.3 is 14.7 Å². The number of carbonyl (C=O) groups excluding carboxylic acids is 1. The average Bonchev–Trinajstić information content (AvgIpc) is 2.48. The van der Waals surface area contributed by atoms with Crippen molar-refractivity contribution in [2.75, 3.05) is 26.2 Å². The highest BCUT2D eigenvalue weighted by Crippen LogP contribution is 2.22. The SMILES string of the molecule is CCOC(=O)C1CCN(CC(O)c2ccccc2F)CC1. The molecule has 1 unspecified atom stereocenters. The van der Waals surface area contributed by atoms with E-state index in [1.165, 1.54) is 6.07 Å². The number of ether oxygens (including phenoxy) is 1. The quantitative estimate of drug-likeness (QED) is 0.846. The van der Waals surface area contributed by atoms with E-state index in [2.05, 4.69) is 4.90 Å². The molecule has 4 nitrogen and oxygen atoms in total. The number of hydrogen-bond acceptors (Lipinski definition) is 4. The summed E-state index contributed by atoms with van der Waals surface area (Å²) in [4.78, 5) is 13.7. The van der Waals surface area contributed by atoms with Crippen LogP contribution in [0.15, 0.2) is 24.3 Å². The predicted molar refractivity (Wildman–Crippen MR) is 77.2 cm³/mol. The number of β-amino-alcohol motifs (C(OH)–C–C–N with tert-alkyl or cyclic N) is 1. The van der Waals surface area contributed by atoms with Crippen LogP contribution < -0.4 is 0 Å². The number of carbonyl (C=O) groups is 1. The van der Waals surface area contributed by atoms with Gasteiger partial charge in [-0.3, -0.25) is 4.79 Å². The summed E-state index contributed by atoms with van der Waals surface area (Å²) in [6, 6.07) is 6.28. The van der Waals surface area contributed by atoms with Crippen LogP contribution in [0.2, 0.25) is 0 Å². The van der Waals surface area contributed by atoms with Crippen molar-refractivity contribution in [3.63, 3.8) is 0 Å². The third-order valence-corrected chi connectivity index (χ3v) is 3.90. The molecule has 0 amide bonds. The van der Waals surface area contributed by atoms with Crippen LogP contribution >= 0.6 is 0 Å². The van der Waals surface area contributed by atoms with E-state index in [1.54, 1.807) is 25.1 Å². The molecule has 0 spiro atoms. The number of nitrogens with zero attached hydrogens (tertiary/aromatic N) is 1. The Morgan fingerprint density at radius 1 is 1.43 bits per heavy atom. The zero-order valence-electron chi connectivity index (χ0n) is 12.3. The Balaban J connectivity index is 1.83. The van der Waals surface area contributed by atoms with E-state index in [4.69, 9.17) is 4.74 Å². The van der Waals surface area contributed by atoms with Gasteiger partial charge in [-0.15, -0.1) is 0 Å². The molecule has 1 aliphatic rings. The fourth-order valence-electron chi connectivity index (χ4n) is 2.70. The molecule has 0 radical (unpaired) electrons. The maximum Gasteiger partial charge on any atom is 0.309 e. The van der Waals surface area contributed by atoms with Crippen LogP contribution in [-0.2, 0) is 9.53 Å². The lowest BCUT2D eigenvalue weighted by atomic mass is 9.96. The summed E-state index contributed by atoms with van der Waals surface area (Å²) in [6.07, 6.45) is 0.608. The number of rotatable bonds is 5. The van der Waals surface area contributed by atoms with E-state index in [1.807, 2.05) is 0 Å². The number of likely N-dealkylation sites (tertiary alicyclic amines) is 1. The second-order valence-electron chi connectivity index (χ2n) is 5.36. The Morgan fingerprint density at radius 3 is 2.71 bits per heavy atom. The Labute approximate surface area is 124 Å². The Bertz CT molecular complexity index is 472. The van der Waals surface area contributed by atoms with Gasteiger partial charge in [0.1, 0.15) is 5.82 Å². The van der Waals surface area contributed by atoms with Crippen LogP contribution in [0.3, 0.4) is 0 Å². The van der Waals surface area contributed by atoms with Gasteiger partial charge in [-0.2, -0.15) is 0 Å². The highest BCUT2D eigenvalue weighted by Gasteiger charge is 2.27. The molecule has 5 heteroatoms. The summed E-state index contributed by atoms with van der Waals surface area (Å²) in [5.41, 5.74) is 0.324. The van der Waals surface area contributed by atoms with Crippen molar-refractivity contribution < 1.29 is 19.0 Å². The number of aliphatic hydroxyl groups excluding tert-OH is 1. The molecule has 0 bridgehead atoms. The number of piperidine rings is 1. The lowest BCUT2D eigenvalue weighted by Crippen LogP contribution is -2.39. The molecule has 21 heavy (non-hydrogen) atoms. The maximum atomic E-state index is 13.6. The standard InChI is InChI=1S/C16H22FNO3/c1-2-21-16(20)12-7-9-18(10-8-12)11-15(19)13-5-3-4-6-14(13)17/h3-6,12,15,19H,2,7-11H2,1H3. The van der Waals surface area contributed by atoms with Crippen LogP contribution in [0.1, 0.15) is 31.4 Å². The Hall–Kier alpha value is -1.46. The van der Waals surface area contributed by atoms with Crippen molar-refractivity contribution in [2.45, 2.75) is 25.9 Å². The molecule has 1 aliphatic heterocycles. The smallest absolute Gasteiger partial charge is 0.309 e. The van der Waals surface area contributed by atoms with E-state index in [0.29, 0.717) is 18.7 Å². The number of aliphatic hydroxyl groups is 1. The summed E-state index contributed by atoms with van der Waals surface area (Å²) in [6.45, 7) is 4.03. The van der Waals surface area contributed by atoms with Crippen molar-refractivity contribution in [1.82, 2.24) is 4.90 Å². The van der Waals surface area contributed by atoms with Crippen LogP contribution in [0.25, 0.3) is 0 Å². The van der Waals surface area contributed by atoms with Crippen molar-refractivity contribution in [1.29, 1.82) is 0 Å². The van der Waals surface area contributed by atoms with Gasteiger partial charge in [0.15, 0.2) is 0 Å². The molecule has 0 aromatic heterocycles. The van der Waals surface area contributed by atoms with Gasteiger partial charge in [0.05, 0.1) is 18.6 Å². The van der Waals surface area contributed by atoms with E-state index >= 15 is 0 Å². The van der Waals surface area contributed by atoms with Crippen molar-refractivity contribution in [3.05, 3.63) is 35.6 Å². The number of hydrogen-bond donors (Lipinski definition) is 1. The molecule has 1 aromatic carbocycles. The predicted octanol–water partition coefficient (Wildman–Crippen LogP) is 2.13. The molecule has 1 N–H and O–H groups in total. The van der Waals surface area contributed by atoms with Crippen molar-refractivity contribution in [3.8, 4) is 0 Å². The highest BCUT2D eigenvalue weighted by molar-refractivity contribution is 5.72. The average molecular weight is 295 g/mol. The maximum absolute atomic E-state index is 13.6. The molecule has 1 saturated heterocycles. The summed E-state index contributed by atoms with van der Waals surface area (Å²) >= 11 is 0. The summed E-state index contributed by atoms with van der Waals surface area (Å²) in [5.74, 6) is -0.565. The largest absolute Gasteiger partial charge is 0.466 e. The number of benzene rings is 1. The summed E-state index contributed by atoms with van der Waals surface area (Å²) in [7, 11) is 0. The minimum absolute atomic E-state index is 0.0493. The Morgan fingerprint density at radius 2 is 2.10 bits per heavy atom. The first-order chi connectivity index (χ1) is 10.1. The Kier molecular flexibility index (Phi) is 5.70. The van der Waals surface area contributed by atoms with Crippen LogP contribution in [0, 0.1) is 11.7 Å². The first-order valence-electron chi connectivity index (χ1n) is 7.43. The van der Waals surface area contributed by atoms with Gasteiger partial charge in [-0.1, -0.05) is 18.2 Å². The van der Waals surface area contributed by atoms with Gasteiger partial charge in [0.25, 0.3) is 0 Å². The highest BCUT2D eigenvalue weighted by atomic mass is 19.1. The van der Waals surface area contributed by atoms with Crippen molar-refractivity contribution >= 4 is 5.97 Å². The van der Waals surface area contributed by atoms with E-state index in [0.717, 1.165) is 25.9 Å². The zero-order valence-corrected chi connectivity index (χ0v) is 12.3. The molecular formula is C16H22FNO3. The third kappa shape index (κ3) is 4.25. The normalized spacial score (nSPS) is 18.4. The van der Waals surface area contributed by atoms with Crippen LogP contribution in [-0.4, -0.2) is 42.2 Å². The molecule has 2 rings (SSSR count). The molecule has 1 atom stereocenters. The second kappa shape index (κ2) is 7.52. The van der Waals surface area contributed by atoms with Gasteiger partial charge in [0, 0.05) is 12.1 Å². The van der Waals surface area contributed by atoms with Crippen LogP contribution in [0.4, 0.5) is 4.39 Å². The van der Waals surface area contributed by atoms with Crippen molar-refractivity contribution in [2.24, 2.45) is 5.92 Å². The lowest BCUT2D eigenvalue weighted by molar-refractivity contribution is -0.149. The molecular weight excluding hydrogens is 273 g/mol. The van der Waals surface area contributed by atoms with E-state index < -0.39 is 6.10 Å². The molecule has 0 saturated carbocycles. The zero-order chi connectivity index (χ0) is 15.2. The third-order valence-electron chi connectivity index (χ3n) is 3.90. The molecule has 1 fully saturated rings. The summed E-state index contributed by atoms with van der Waals surface area (Å²) < 4.78 is 18.6.